The van der Waals surface area contributed by atoms with Gasteiger partial charge in [0.15, 0.2) is 0 Å². The van der Waals surface area contributed by atoms with Gasteiger partial charge in [0.2, 0.25) is 0 Å². The third-order valence-electron chi connectivity index (χ3n) is 5.57. The van der Waals surface area contributed by atoms with Crippen molar-refractivity contribution in [3.8, 4) is 5.75 Å². The maximum Gasteiger partial charge on any atom is 0.292 e. The fourth-order valence-corrected chi connectivity index (χ4v) is 4.06. The summed E-state index contributed by atoms with van der Waals surface area (Å²) in [6.07, 6.45) is 4.23. The molecule has 29 heavy (non-hydrogen) atoms. The smallest absolute Gasteiger partial charge is 0.292 e. The SMILES string of the molecule is CCCCCOc1ccc(CN2C(=O)C3(OCCCO3)c3cccc(C)c32)cc1. The standard InChI is InChI=1S/C24H29NO4/c1-3-4-5-14-27-20-12-10-19(11-13-20)17-25-22-18(2)8-6-9-21(22)24(23(25)26)28-15-7-16-29-24/h6,8-13H,3-5,7,14-17H2,1-2H3. The summed E-state index contributed by atoms with van der Waals surface area (Å²) < 4.78 is 17.7. The molecule has 2 aromatic rings. The summed E-state index contributed by atoms with van der Waals surface area (Å²) in [6, 6.07) is 13.9. The number of hydrogen-bond donors (Lipinski definition) is 0. The van der Waals surface area contributed by atoms with E-state index in [1.807, 2.05) is 49.4 Å². The maximum absolute atomic E-state index is 13.4. The highest BCUT2D eigenvalue weighted by Gasteiger charge is 2.55. The molecule has 5 heteroatoms. The van der Waals surface area contributed by atoms with E-state index in [4.69, 9.17) is 14.2 Å². The van der Waals surface area contributed by atoms with Crippen molar-refractivity contribution in [1.82, 2.24) is 0 Å². The largest absolute Gasteiger partial charge is 0.494 e. The van der Waals surface area contributed by atoms with Crippen molar-refractivity contribution in [3.05, 3.63) is 59.2 Å². The van der Waals surface area contributed by atoms with Crippen LogP contribution in [-0.4, -0.2) is 25.7 Å². The number of hydrogen-bond acceptors (Lipinski definition) is 4. The lowest BCUT2D eigenvalue weighted by Crippen LogP contribution is -2.47. The Morgan fingerprint density at radius 1 is 1.07 bits per heavy atom. The van der Waals surface area contributed by atoms with Crippen LogP contribution in [0.1, 0.15) is 49.3 Å². The van der Waals surface area contributed by atoms with E-state index >= 15 is 0 Å². The van der Waals surface area contributed by atoms with Crippen molar-refractivity contribution in [1.29, 1.82) is 0 Å². The Kier molecular flexibility index (Phi) is 5.88. The van der Waals surface area contributed by atoms with E-state index in [1.165, 1.54) is 12.8 Å². The molecule has 2 aliphatic rings. The van der Waals surface area contributed by atoms with Crippen LogP contribution in [0.2, 0.25) is 0 Å². The van der Waals surface area contributed by atoms with E-state index in [1.54, 1.807) is 4.90 Å². The third kappa shape index (κ3) is 3.77. The van der Waals surface area contributed by atoms with Gasteiger partial charge in [-0.3, -0.25) is 4.79 Å². The van der Waals surface area contributed by atoms with E-state index in [0.29, 0.717) is 19.8 Å². The third-order valence-corrected chi connectivity index (χ3v) is 5.57. The van der Waals surface area contributed by atoms with Crippen molar-refractivity contribution >= 4 is 11.6 Å². The molecule has 1 fully saturated rings. The molecule has 1 amide bonds. The molecule has 2 heterocycles. The van der Waals surface area contributed by atoms with Crippen LogP contribution in [0.4, 0.5) is 5.69 Å². The molecule has 2 aromatic carbocycles. The van der Waals surface area contributed by atoms with Gasteiger partial charge >= 0.3 is 0 Å². The van der Waals surface area contributed by atoms with Crippen LogP contribution in [0.15, 0.2) is 42.5 Å². The quantitative estimate of drug-likeness (QED) is 0.638. The number of carbonyl (C=O) groups excluding carboxylic acids is 1. The number of rotatable bonds is 7. The van der Waals surface area contributed by atoms with Crippen LogP contribution in [0, 0.1) is 6.92 Å². The van der Waals surface area contributed by atoms with Gasteiger partial charge < -0.3 is 19.1 Å². The molecule has 0 atom stereocenters. The van der Waals surface area contributed by atoms with Crippen LogP contribution in [-0.2, 0) is 26.6 Å². The van der Waals surface area contributed by atoms with Gasteiger partial charge in [-0.05, 0) is 43.0 Å². The van der Waals surface area contributed by atoms with Gasteiger partial charge in [0.1, 0.15) is 5.75 Å². The highest BCUT2D eigenvalue weighted by atomic mass is 16.7. The van der Waals surface area contributed by atoms with Gasteiger partial charge in [0, 0.05) is 5.56 Å². The first-order valence-corrected chi connectivity index (χ1v) is 10.6. The van der Waals surface area contributed by atoms with Crippen molar-refractivity contribution in [2.75, 3.05) is 24.7 Å². The average Bonchev–Trinajstić information content (AvgIpc) is 2.97. The summed E-state index contributed by atoms with van der Waals surface area (Å²) in [5.74, 6) is -0.562. The fourth-order valence-electron chi connectivity index (χ4n) is 4.06. The van der Waals surface area contributed by atoms with Crippen LogP contribution < -0.4 is 9.64 Å². The Morgan fingerprint density at radius 3 is 2.55 bits per heavy atom. The minimum Gasteiger partial charge on any atom is -0.494 e. The number of aryl methyl sites for hydroxylation is 1. The Balaban J connectivity index is 1.54. The molecular formula is C24H29NO4. The summed E-state index contributed by atoms with van der Waals surface area (Å²) in [5.41, 5.74) is 3.81. The number of benzene rings is 2. The topological polar surface area (TPSA) is 48.0 Å². The molecule has 1 spiro atoms. The maximum atomic E-state index is 13.4. The summed E-state index contributed by atoms with van der Waals surface area (Å²) in [6.45, 7) is 6.47. The first-order chi connectivity index (χ1) is 14.2. The first kappa shape index (κ1) is 19.9. The molecule has 0 aromatic heterocycles. The fraction of sp³-hybridized carbons (Fsp3) is 0.458. The van der Waals surface area contributed by atoms with Crippen molar-refractivity contribution in [3.63, 3.8) is 0 Å². The number of anilines is 1. The van der Waals surface area contributed by atoms with Gasteiger partial charge in [-0.15, -0.1) is 0 Å². The van der Waals surface area contributed by atoms with Crippen molar-refractivity contribution < 1.29 is 19.0 Å². The molecule has 0 bridgehead atoms. The summed E-state index contributed by atoms with van der Waals surface area (Å²) in [7, 11) is 0. The zero-order chi connectivity index (χ0) is 20.3. The van der Waals surface area contributed by atoms with E-state index in [9.17, 15) is 4.79 Å². The number of nitrogens with zero attached hydrogens (tertiary/aromatic N) is 1. The predicted octanol–water partition coefficient (Wildman–Crippen LogP) is 4.70. The van der Waals surface area contributed by atoms with Crippen LogP contribution >= 0.6 is 0 Å². The number of amides is 1. The number of ether oxygens (including phenoxy) is 3. The minimum atomic E-state index is -1.29. The van der Waals surface area contributed by atoms with Crippen molar-refractivity contribution in [2.24, 2.45) is 0 Å². The van der Waals surface area contributed by atoms with Gasteiger partial charge in [0.05, 0.1) is 32.1 Å². The molecular weight excluding hydrogens is 366 g/mol. The second-order valence-corrected chi connectivity index (χ2v) is 7.73. The van der Waals surface area contributed by atoms with E-state index < -0.39 is 5.79 Å². The minimum absolute atomic E-state index is 0.138. The second-order valence-electron chi connectivity index (χ2n) is 7.73. The van der Waals surface area contributed by atoms with Gasteiger partial charge in [-0.2, -0.15) is 0 Å². The normalized spacial score (nSPS) is 17.6. The summed E-state index contributed by atoms with van der Waals surface area (Å²) in [4.78, 5) is 15.2. The zero-order valence-electron chi connectivity index (χ0n) is 17.3. The van der Waals surface area contributed by atoms with Crippen LogP contribution in [0.25, 0.3) is 0 Å². The number of fused-ring (bicyclic) bond motifs is 2. The number of carbonyl (C=O) groups is 1. The molecule has 154 valence electrons. The lowest BCUT2D eigenvalue weighted by Gasteiger charge is -2.32. The van der Waals surface area contributed by atoms with Crippen LogP contribution in [0.5, 0.6) is 5.75 Å². The van der Waals surface area contributed by atoms with Gasteiger partial charge in [-0.25, -0.2) is 0 Å². The number of para-hydroxylation sites is 1. The summed E-state index contributed by atoms with van der Waals surface area (Å²) in [5, 5.41) is 0. The molecule has 0 radical (unpaired) electrons. The lowest BCUT2D eigenvalue weighted by molar-refractivity contribution is -0.256. The highest BCUT2D eigenvalue weighted by Crippen LogP contribution is 2.47. The first-order valence-electron chi connectivity index (χ1n) is 10.6. The molecule has 1 saturated heterocycles. The van der Waals surface area contributed by atoms with Gasteiger partial charge in [-0.1, -0.05) is 50.1 Å². The monoisotopic (exact) mass is 395 g/mol. The molecule has 0 N–H and O–H groups in total. The van der Waals surface area contributed by atoms with Gasteiger partial charge in [0.25, 0.3) is 11.7 Å². The van der Waals surface area contributed by atoms with Crippen LogP contribution in [0.3, 0.4) is 0 Å². The molecule has 4 rings (SSSR count). The molecule has 0 aliphatic carbocycles. The lowest BCUT2D eigenvalue weighted by atomic mass is 10.0. The van der Waals surface area contributed by atoms with Crippen molar-refractivity contribution in [2.45, 2.75) is 51.9 Å². The molecule has 5 nitrogen and oxygen atoms in total. The molecule has 0 saturated carbocycles. The Hall–Kier alpha value is -2.37. The average molecular weight is 395 g/mol. The number of unbranched alkanes of at least 4 members (excludes halogenated alkanes) is 2. The van der Waals surface area contributed by atoms with E-state index in [2.05, 4.69) is 6.92 Å². The summed E-state index contributed by atoms with van der Waals surface area (Å²) >= 11 is 0. The molecule has 2 aliphatic heterocycles. The predicted molar refractivity (Wildman–Crippen MR) is 112 cm³/mol. The zero-order valence-corrected chi connectivity index (χ0v) is 17.3. The highest BCUT2D eigenvalue weighted by molar-refractivity contribution is 6.06. The Morgan fingerprint density at radius 2 is 1.83 bits per heavy atom. The molecule has 0 unspecified atom stereocenters. The van der Waals surface area contributed by atoms with E-state index in [-0.39, 0.29) is 5.91 Å². The Labute approximate surface area is 172 Å². The Bertz CT molecular complexity index is 856. The second kappa shape index (κ2) is 8.56. The van der Waals surface area contributed by atoms with E-state index in [0.717, 1.165) is 47.6 Å².